The van der Waals surface area contributed by atoms with Gasteiger partial charge in [-0.05, 0) is 43.9 Å². The lowest BCUT2D eigenvalue weighted by atomic mass is 10.00. The van der Waals surface area contributed by atoms with Crippen molar-refractivity contribution in [3.8, 4) is 0 Å². The molecule has 0 radical (unpaired) electrons. The van der Waals surface area contributed by atoms with Gasteiger partial charge in [-0.1, -0.05) is 0 Å². The third kappa shape index (κ3) is 3.32. The molecule has 1 aliphatic heterocycles. The minimum Gasteiger partial charge on any atom is -0.342 e. The Hall–Kier alpha value is -1.27. The first-order valence-corrected chi connectivity index (χ1v) is 7.54. The summed E-state index contributed by atoms with van der Waals surface area (Å²) in [5.74, 6) is -0.0658. The van der Waals surface area contributed by atoms with Crippen LogP contribution < -0.4 is 5.32 Å². The summed E-state index contributed by atoms with van der Waals surface area (Å²) in [5, 5.41) is 2.78. The van der Waals surface area contributed by atoms with Gasteiger partial charge < -0.3 is 10.2 Å². The van der Waals surface area contributed by atoms with Crippen molar-refractivity contribution in [1.29, 1.82) is 0 Å². The van der Waals surface area contributed by atoms with Crippen LogP contribution in [0, 0.1) is 11.8 Å². The van der Waals surface area contributed by atoms with Gasteiger partial charge in [0.1, 0.15) is 12.1 Å². The summed E-state index contributed by atoms with van der Waals surface area (Å²) in [4.78, 5) is 26.1. The van der Waals surface area contributed by atoms with E-state index in [-0.39, 0.29) is 36.6 Å². The zero-order valence-corrected chi connectivity index (χ0v) is 11.7. The Kier molecular flexibility index (Phi) is 3.61. The zero-order chi connectivity index (χ0) is 15.2. The monoisotopic (exact) mass is 304 g/mol. The van der Waals surface area contributed by atoms with Gasteiger partial charge in [-0.3, -0.25) is 9.59 Å². The van der Waals surface area contributed by atoms with E-state index < -0.39 is 24.7 Å². The average molecular weight is 304 g/mol. The molecule has 1 N–H and O–H groups in total. The number of halogens is 3. The molecule has 2 amide bonds. The maximum atomic E-state index is 12.5. The van der Waals surface area contributed by atoms with Crippen LogP contribution in [0.2, 0.25) is 0 Å². The molecule has 0 aromatic carbocycles. The molecule has 0 aromatic heterocycles. The lowest BCUT2D eigenvalue weighted by Gasteiger charge is -2.39. The first-order chi connectivity index (χ1) is 9.87. The van der Waals surface area contributed by atoms with Gasteiger partial charge in [-0.2, -0.15) is 13.2 Å². The lowest BCUT2D eigenvalue weighted by Crippen LogP contribution is -2.64. The largest absolute Gasteiger partial charge is 0.389 e. The number of hydrogen-bond donors (Lipinski definition) is 1. The number of alkyl halides is 3. The van der Waals surface area contributed by atoms with Crippen LogP contribution in [-0.4, -0.2) is 41.5 Å². The fourth-order valence-corrected chi connectivity index (χ4v) is 3.09. The molecule has 0 aromatic rings. The number of carbonyl (C=O) groups is 2. The van der Waals surface area contributed by atoms with Crippen molar-refractivity contribution in [3.05, 3.63) is 0 Å². The highest BCUT2D eigenvalue weighted by atomic mass is 19.4. The average Bonchev–Trinajstić information content (AvgIpc) is 3.24. The SMILES string of the molecule is O=C1NC(C2CC2)C(=O)N(CCCC(F)(F)F)C1C1CC1. The quantitative estimate of drug-likeness (QED) is 0.842. The second-order valence-corrected chi connectivity index (χ2v) is 6.36. The van der Waals surface area contributed by atoms with Gasteiger partial charge in [0, 0.05) is 13.0 Å². The summed E-state index contributed by atoms with van der Waals surface area (Å²) >= 11 is 0. The molecule has 1 heterocycles. The van der Waals surface area contributed by atoms with Crippen LogP contribution in [0.15, 0.2) is 0 Å². The van der Waals surface area contributed by atoms with Crippen molar-refractivity contribution in [2.24, 2.45) is 11.8 Å². The van der Waals surface area contributed by atoms with Crippen LogP contribution in [0.25, 0.3) is 0 Å². The molecule has 7 heteroatoms. The molecule has 2 unspecified atom stereocenters. The molecule has 21 heavy (non-hydrogen) atoms. The predicted octanol–water partition coefficient (Wildman–Crippen LogP) is 1.84. The molecule has 3 rings (SSSR count). The van der Waals surface area contributed by atoms with Gasteiger partial charge in [-0.15, -0.1) is 0 Å². The van der Waals surface area contributed by atoms with Crippen molar-refractivity contribution in [3.63, 3.8) is 0 Å². The second kappa shape index (κ2) is 5.18. The van der Waals surface area contributed by atoms with E-state index in [0.29, 0.717) is 0 Å². The van der Waals surface area contributed by atoms with Gasteiger partial charge in [0.25, 0.3) is 0 Å². The number of rotatable bonds is 5. The Morgan fingerprint density at radius 2 is 1.71 bits per heavy atom. The predicted molar refractivity (Wildman–Crippen MR) is 68.2 cm³/mol. The molecule has 3 fully saturated rings. The molecular formula is C14H19F3N2O2. The fourth-order valence-electron chi connectivity index (χ4n) is 3.09. The van der Waals surface area contributed by atoms with Crippen LogP contribution in [0.3, 0.4) is 0 Å². The molecule has 4 nitrogen and oxygen atoms in total. The number of amides is 2. The summed E-state index contributed by atoms with van der Waals surface area (Å²) < 4.78 is 36.9. The molecule has 0 bridgehead atoms. The Labute approximate surface area is 121 Å². The van der Waals surface area contributed by atoms with E-state index in [9.17, 15) is 22.8 Å². The van der Waals surface area contributed by atoms with E-state index in [1.165, 1.54) is 4.90 Å². The number of hydrogen-bond acceptors (Lipinski definition) is 2. The summed E-state index contributed by atoms with van der Waals surface area (Å²) in [6.45, 7) is 0.0240. The summed E-state index contributed by atoms with van der Waals surface area (Å²) in [7, 11) is 0. The van der Waals surface area contributed by atoms with Crippen molar-refractivity contribution < 1.29 is 22.8 Å². The van der Waals surface area contributed by atoms with Gasteiger partial charge in [0.15, 0.2) is 0 Å². The summed E-state index contributed by atoms with van der Waals surface area (Å²) in [6.07, 6.45) is -1.72. The lowest BCUT2D eigenvalue weighted by molar-refractivity contribution is -0.153. The molecule has 1 saturated heterocycles. The van der Waals surface area contributed by atoms with Crippen molar-refractivity contribution in [2.75, 3.05) is 6.54 Å². The van der Waals surface area contributed by atoms with E-state index >= 15 is 0 Å². The first-order valence-electron chi connectivity index (χ1n) is 7.54. The van der Waals surface area contributed by atoms with E-state index in [1.54, 1.807) is 0 Å². The number of nitrogens with one attached hydrogen (secondary N) is 1. The van der Waals surface area contributed by atoms with E-state index in [1.807, 2.05) is 0 Å². The smallest absolute Gasteiger partial charge is 0.342 e. The third-order valence-electron chi connectivity index (χ3n) is 4.47. The van der Waals surface area contributed by atoms with Crippen molar-refractivity contribution in [2.45, 2.75) is 56.8 Å². The van der Waals surface area contributed by atoms with Crippen LogP contribution in [-0.2, 0) is 9.59 Å². The zero-order valence-electron chi connectivity index (χ0n) is 11.7. The minimum absolute atomic E-state index is 0.0240. The van der Waals surface area contributed by atoms with Crippen LogP contribution in [0.1, 0.15) is 38.5 Å². The second-order valence-electron chi connectivity index (χ2n) is 6.36. The molecular weight excluding hydrogens is 285 g/mol. The Morgan fingerprint density at radius 3 is 2.24 bits per heavy atom. The molecule has 3 aliphatic rings. The van der Waals surface area contributed by atoms with Gasteiger partial charge >= 0.3 is 6.18 Å². The Morgan fingerprint density at radius 1 is 1.10 bits per heavy atom. The maximum absolute atomic E-state index is 12.5. The highest BCUT2D eigenvalue weighted by Gasteiger charge is 2.51. The van der Waals surface area contributed by atoms with Gasteiger partial charge in [0.05, 0.1) is 0 Å². The highest BCUT2D eigenvalue weighted by Crippen LogP contribution is 2.40. The van der Waals surface area contributed by atoms with Gasteiger partial charge in [-0.25, -0.2) is 0 Å². The number of piperazine rings is 1. The number of nitrogens with zero attached hydrogens (tertiary/aromatic N) is 1. The van der Waals surface area contributed by atoms with E-state index in [0.717, 1.165) is 25.7 Å². The van der Waals surface area contributed by atoms with Crippen LogP contribution >= 0.6 is 0 Å². The van der Waals surface area contributed by atoms with Crippen molar-refractivity contribution >= 4 is 11.8 Å². The first kappa shape index (κ1) is 14.7. The maximum Gasteiger partial charge on any atom is 0.389 e. The van der Waals surface area contributed by atoms with E-state index in [4.69, 9.17) is 0 Å². The Balaban J connectivity index is 1.68. The van der Waals surface area contributed by atoms with Crippen molar-refractivity contribution in [1.82, 2.24) is 10.2 Å². The minimum atomic E-state index is -4.22. The fraction of sp³-hybridized carbons (Fsp3) is 0.857. The molecule has 2 aliphatic carbocycles. The van der Waals surface area contributed by atoms with Crippen LogP contribution in [0.5, 0.6) is 0 Å². The molecule has 118 valence electrons. The normalized spacial score (nSPS) is 30.5. The topological polar surface area (TPSA) is 49.4 Å². The van der Waals surface area contributed by atoms with Gasteiger partial charge in [0.2, 0.25) is 11.8 Å². The summed E-state index contributed by atoms with van der Waals surface area (Å²) in [5.41, 5.74) is 0. The molecule has 2 atom stereocenters. The standard InChI is InChI=1S/C14H19F3N2O2/c15-14(16,17)6-1-7-19-11(9-4-5-9)12(20)18-10(13(19)21)8-2-3-8/h8-11H,1-7H2,(H,18,20). The van der Waals surface area contributed by atoms with E-state index in [2.05, 4.69) is 5.32 Å². The summed E-state index contributed by atoms with van der Waals surface area (Å²) in [6, 6.07) is -1.07. The number of carbonyl (C=O) groups excluding carboxylic acids is 2. The van der Waals surface area contributed by atoms with Crippen LogP contribution in [0.4, 0.5) is 13.2 Å². The molecule has 0 spiro atoms. The third-order valence-corrected chi connectivity index (χ3v) is 4.47. The highest BCUT2D eigenvalue weighted by molar-refractivity contribution is 5.97. The Bertz CT molecular complexity index is 444. The molecule has 2 saturated carbocycles.